The second-order valence-electron chi connectivity index (χ2n) is 3.84. The molecule has 1 rings (SSSR count). The first kappa shape index (κ1) is 12.7. The van der Waals surface area contributed by atoms with E-state index in [0.29, 0.717) is 19.1 Å². The molecule has 0 spiro atoms. The topological polar surface area (TPSA) is 35.5 Å². The van der Waals surface area contributed by atoms with E-state index in [0.717, 1.165) is 12.8 Å². The molecule has 1 aliphatic rings. The number of alkyl halides is 3. The van der Waals surface area contributed by atoms with E-state index < -0.39 is 12.7 Å². The molecule has 6 heteroatoms. The standard InChI is InChI=1S/C9H17F3N2O/c10-9(11,12)7-14(5-6-15)4-3-13-8-1-2-8/h8,13,15H,1-7H2. The van der Waals surface area contributed by atoms with E-state index in [1.165, 1.54) is 4.90 Å². The number of halogens is 3. The van der Waals surface area contributed by atoms with Crippen LogP contribution in [0.4, 0.5) is 13.2 Å². The molecule has 0 heterocycles. The van der Waals surface area contributed by atoms with Gasteiger partial charge in [0.15, 0.2) is 0 Å². The van der Waals surface area contributed by atoms with Gasteiger partial charge >= 0.3 is 6.18 Å². The van der Waals surface area contributed by atoms with Gasteiger partial charge in [-0.2, -0.15) is 13.2 Å². The van der Waals surface area contributed by atoms with E-state index in [2.05, 4.69) is 5.32 Å². The van der Waals surface area contributed by atoms with E-state index in [1.54, 1.807) is 0 Å². The maximum absolute atomic E-state index is 12.1. The van der Waals surface area contributed by atoms with E-state index >= 15 is 0 Å². The molecule has 0 aromatic heterocycles. The Balaban J connectivity index is 2.15. The van der Waals surface area contributed by atoms with Crippen molar-refractivity contribution in [1.29, 1.82) is 0 Å². The Kier molecular flexibility index (Phi) is 4.82. The lowest BCUT2D eigenvalue weighted by Crippen LogP contribution is -2.40. The molecule has 0 saturated heterocycles. The number of nitrogens with one attached hydrogen (secondary N) is 1. The van der Waals surface area contributed by atoms with Crippen molar-refractivity contribution in [2.24, 2.45) is 0 Å². The smallest absolute Gasteiger partial charge is 0.395 e. The van der Waals surface area contributed by atoms with Gasteiger partial charge in [0.1, 0.15) is 0 Å². The van der Waals surface area contributed by atoms with Crippen molar-refractivity contribution >= 4 is 0 Å². The fourth-order valence-corrected chi connectivity index (χ4v) is 1.38. The summed E-state index contributed by atoms with van der Waals surface area (Å²) in [6, 6.07) is 0.506. The lowest BCUT2D eigenvalue weighted by Gasteiger charge is -2.22. The van der Waals surface area contributed by atoms with Crippen LogP contribution in [0.3, 0.4) is 0 Å². The van der Waals surface area contributed by atoms with Gasteiger partial charge in [-0.05, 0) is 12.8 Å². The number of nitrogens with zero attached hydrogens (tertiary/aromatic N) is 1. The zero-order valence-corrected chi connectivity index (χ0v) is 8.56. The highest BCUT2D eigenvalue weighted by Gasteiger charge is 2.30. The zero-order valence-electron chi connectivity index (χ0n) is 8.56. The molecule has 0 bridgehead atoms. The maximum atomic E-state index is 12.1. The van der Waals surface area contributed by atoms with Crippen molar-refractivity contribution in [2.75, 3.05) is 32.8 Å². The predicted octanol–water partition coefficient (Wildman–Crippen LogP) is 0.595. The van der Waals surface area contributed by atoms with Gasteiger partial charge in [0, 0.05) is 25.7 Å². The first-order chi connectivity index (χ1) is 7.01. The molecule has 2 N–H and O–H groups in total. The normalized spacial score (nSPS) is 17.4. The summed E-state index contributed by atoms with van der Waals surface area (Å²) >= 11 is 0. The number of hydrogen-bond donors (Lipinski definition) is 2. The Morgan fingerprint density at radius 1 is 1.27 bits per heavy atom. The van der Waals surface area contributed by atoms with Crippen LogP contribution < -0.4 is 5.32 Å². The van der Waals surface area contributed by atoms with Gasteiger partial charge in [-0.1, -0.05) is 0 Å². The van der Waals surface area contributed by atoms with Crippen LogP contribution >= 0.6 is 0 Å². The average molecular weight is 226 g/mol. The molecule has 15 heavy (non-hydrogen) atoms. The molecule has 0 aromatic rings. The second kappa shape index (κ2) is 5.67. The van der Waals surface area contributed by atoms with Crippen LogP contribution in [-0.2, 0) is 0 Å². The Morgan fingerprint density at radius 3 is 2.40 bits per heavy atom. The number of hydrogen-bond acceptors (Lipinski definition) is 3. The minimum Gasteiger partial charge on any atom is -0.395 e. The highest BCUT2D eigenvalue weighted by atomic mass is 19.4. The van der Waals surface area contributed by atoms with E-state index in [-0.39, 0.29) is 13.2 Å². The first-order valence-corrected chi connectivity index (χ1v) is 5.14. The van der Waals surface area contributed by atoms with Crippen LogP contribution in [0.1, 0.15) is 12.8 Å². The van der Waals surface area contributed by atoms with Gasteiger partial charge in [0.2, 0.25) is 0 Å². The zero-order chi connectivity index (χ0) is 11.3. The van der Waals surface area contributed by atoms with Gasteiger partial charge in [-0.3, -0.25) is 4.90 Å². The third-order valence-electron chi connectivity index (χ3n) is 2.26. The Hall–Kier alpha value is -0.330. The Labute approximate surface area is 87.3 Å². The molecular weight excluding hydrogens is 209 g/mol. The fraction of sp³-hybridized carbons (Fsp3) is 1.00. The molecule has 0 unspecified atom stereocenters. The van der Waals surface area contributed by atoms with E-state index in [9.17, 15) is 13.2 Å². The summed E-state index contributed by atoms with van der Waals surface area (Å²) in [4.78, 5) is 1.22. The monoisotopic (exact) mass is 226 g/mol. The molecule has 0 amide bonds. The summed E-state index contributed by atoms with van der Waals surface area (Å²) in [6.07, 6.45) is -1.94. The van der Waals surface area contributed by atoms with Crippen molar-refractivity contribution in [1.82, 2.24) is 10.2 Å². The second-order valence-corrected chi connectivity index (χ2v) is 3.84. The largest absolute Gasteiger partial charge is 0.401 e. The summed E-state index contributed by atoms with van der Waals surface area (Å²) in [6.45, 7) is -0.220. The summed E-state index contributed by atoms with van der Waals surface area (Å²) in [5.41, 5.74) is 0. The summed E-state index contributed by atoms with van der Waals surface area (Å²) in [5.74, 6) is 0. The number of aliphatic hydroxyl groups is 1. The quantitative estimate of drug-likeness (QED) is 0.667. The van der Waals surface area contributed by atoms with Gasteiger partial charge in [-0.15, -0.1) is 0 Å². The third-order valence-corrected chi connectivity index (χ3v) is 2.26. The molecule has 1 aliphatic carbocycles. The van der Waals surface area contributed by atoms with E-state index in [1.807, 2.05) is 0 Å². The van der Waals surface area contributed by atoms with Crippen LogP contribution in [0, 0.1) is 0 Å². The van der Waals surface area contributed by atoms with Crippen molar-refractivity contribution in [3.8, 4) is 0 Å². The minimum atomic E-state index is -4.19. The maximum Gasteiger partial charge on any atom is 0.401 e. The molecule has 3 nitrogen and oxygen atoms in total. The van der Waals surface area contributed by atoms with Crippen molar-refractivity contribution in [3.63, 3.8) is 0 Å². The Morgan fingerprint density at radius 2 is 1.93 bits per heavy atom. The van der Waals surface area contributed by atoms with Crippen LogP contribution in [0.5, 0.6) is 0 Å². The highest BCUT2D eigenvalue weighted by molar-refractivity contribution is 4.81. The summed E-state index contributed by atoms with van der Waals surface area (Å²) in [7, 11) is 0. The van der Waals surface area contributed by atoms with E-state index in [4.69, 9.17) is 5.11 Å². The lowest BCUT2D eigenvalue weighted by atomic mass is 10.4. The Bertz CT molecular complexity index is 183. The van der Waals surface area contributed by atoms with Gasteiger partial charge in [0.05, 0.1) is 13.2 Å². The molecule has 1 fully saturated rings. The minimum absolute atomic E-state index is 0.0753. The van der Waals surface area contributed by atoms with Crippen molar-refractivity contribution < 1.29 is 18.3 Å². The molecule has 90 valence electrons. The predicted molar refractivity (Wildman–Crippen MR) is 50.6 cm³/mol. The SMILES string of the molecule is OCCN(CCNC1CC1)CC(F)(F)F. The number of rotatable bonds is 7. The third kappa shape index (κ3) is 6.70. The van der Waals surface area contributed by atoms with Crippen LogP contribution in [-0.4, -0.2) is 55.0 Å². The fourth-order valence-electron chi connectivity index (χ4n) is 1.38. The van der Waals surface area contributed by atoms with Crippen LogP contribution in [0.15, 0.2) is 0 Å². The highest BCUT2D eigenvalue weighted by Crippen LogP contribution is 2.18. The van der Waals surface area contributed by atoms with Crippen molar-refractivity contribution in [3.05, 3.63) is 0 Å². The van der Waals surface area contributed by atoms with Crippen molar-refractivity contribution in [2.45, 2.75) is 25.1 Å². The lowest BCUT2D eigenvalue weighted by molar-refractivity contribution is -0.146. The number of aliphatic hydroxyl groups excluding tert-OH is 1. The molecule has 0 aliphatic heterocycles. The molecular formula is C9H17F3N2O. The molecule has 0 aromatic carbocycles. The summed E-state index contributed by atoms with van der Waals surface area (Å²) in [5, 5.41) is 11.8. The van der Waals surface area contributed by atoms with Gasteiger partial charge in [0.25, 0.3) is 0 Å². The molecule has 1 saturated carbocycles. The van der Waals surface area contributed by atoms with Gasteiger partial charge < -0.3 is 10.4 Å². The molecule has 0 atom stereocenters. The molecule has 0 radical (unpaired) electrons. The van der Waals surface area contributed by atoms with Gasteiger partial charge in [-0.25, -0.2) is 0 Å². The average Bonchev–Trinajstić information content (AvgIpc) is 2.85. The summed E-state index contributed by atoms with van der Waals surface area (Å²) < 4.78 is 36.3. The first-order valence-electron chi connectivity index (χ1n) is 5.14. The van der Waals surface area contributed by atoms with Crippen LogP contribution in [0.2, 0.25) is 0 Å². The van der Waals surface area contributed by atoms with Crippen LogP contribution in [0.25, 0.3) is 0 Å².